The van der Waals surface area contributed by atoms with Crippen molar-refractivity contribution in [3.8, 4) is 0 Å². The van der Waals surface area contributed by atoms with Gasteiger partial charge < -0.3 is 15.5 Å². The molecule has 1 aromatic carbocycles. The quantitative estimate of drug-likeness (QED) is 0.701. The van der Waals surface area contributed by atoms with E-state index < -0.39 is 0 Å². The Balaban J connectivity index is 1.43. The first kappa shape index (κ1) is 21.8. The molecule has 1 saturated heterocycles. The third-order valence-electron chi connectivity index (χ3n) is 5.45. The van der Waals surface area contributed by atoms with Crippen LogP contribution in [0.3, 0.4) is 0 Å². The van der Waals surface area contributed by atoms with Crippen LogP contribution in [0.2, 0.25) is 0 Å². The van der Waals surface area contributed by atoms with Crippen molar-refractivity contribution in [1.82, 2.24) is 15.2 Å². The molecule has 1 aliphatic rings. The van der Waals surface area contributed by atoms with E-state index in [9.17, 15) is 9.59 Å². The van der Waals surface area contributed by atoms with E-state index in [1.807, 2.05) is 42.5 Å². The van der Waals surface area contributed by atoms with Crippen molar-refractivity contribution in [3.63, 3.8) is 0 Å². The number of pyridine rings is 1. The molecule has 0 unspecified atom stereocenters. The second kappa shape index (κ2) is 10.7. The molecule has 0 saturated carbocycles. The second-order valence-corrected chi connectivity index (χ2v) is 7.52. The minimum Gasteiger partial charge on any atom is -0.357 e. The minimum absolute atomic E-state index is 0.0111. The van der Waals surface area contributed by atoms with Gasteiger partial charge in [0.2, 0.25) is 5.91 Å². The summed E-state index contributed by atoms with van der Waals surface area (Å²) in [7, 11) is 0. The normalized spacial score (nSPS) is 14.9. The van der Waals surface area contributed by atoms with Crippen molar-refractivity contribution in [2.75, 3.05) is 42.9 Å². The summed E-state index contributed by atoms with van der Waals surface area (Å²) in [6.45, 7) is 7.88. The molecule has 0 radical (unpaired) electrons. The van der Waals surface area contributed by atoms with Crippen LogP contribution in [0, 0.1) is 0 Å². The van der Waals surface area contributed by atoms with E-state index in [-0.39, 0.29) is 17.9 Å². The standard InChI is InChI=1S/C23H31N5O2/c1-3-28(4-2)21-11-10-18(16-24-21)23(30)26-20-12-14-27(15-13-20)17-22(29)25-19-8-6-5-7-9-19/h5-11,16,20H,3-4,12-15,17H2,1-2H3,(H,25,29)(H,26,30). The Hall–Kier alpha value is -2.93. The predicted molar refractivity (Wildman–Crippen MR) is 120 cm³/mol. The number of amides is 2. The van der Waals surface area contributed by atoms with Gasteiger partial charge in [-0.15, -0.1) is 0 Å². The fourth-order valence-electron chi connectivity index (χ4n) is 3.68. The molecule has 3 rings (SSSR count). The van der Waals surface area contributed by atoms with Gasteiger partial charge in [0.25, 0.3) is 5.91 Å². The summed E-state index contributed by atoms with van der Waals surface area (Å²) < 4.78 is 0. The van der Waals surface area contributed by atoms with Gasteiger partial charge in [0.15, 0.2) is 0 Å². The van der Waals surface area contributed by atoms with E-state index in [1.54, 1.807) is 6.20 Å². The van der Waals surface area contributed by atoms with Crippen LogP contribution >= 0.6 is 0 Å². The highest BCUT2D eigenvalue weighted by Gasteiger charge is 2.22. The lowest BCUT2D eigenvalue weighted by molar-refractivity contribution is -0.117. The van der Waals surface area contributed by atoms with Crippen molar-refractivity contribution in [2.24, 2.45) is 0 Å². The number of piperidine rings is 1. The Morgan fingerprint density at radius 3 is 2.37 bits per heavy atom. The molecular weight excluding hydrogens is 378 g/mol. The molecule has 2 N–H and O–H groups in total. The molecule has 1 fully saturated rings. The number of aromatic nitrogens is 1. The molecule has 1 aromatic heterocycles. The number of nitrogens with one attached hydrogen (secondary N) is 2. The maximum atomic E-state index is 12.6. The summed E-state index contributed by atoms with van der Waals surface area (Å²) >= 11 is 0. The van der Waals surface area contributed by atoms with Gasteiger partial charge in [-0.05, 0) is 51.0 Å². The number of rotatable bonds is 8. The van der Waals surface area contributed by atoms with E-state index in [0.29, 0.717) is 12.1 Å². The third kappa shape index (κ3) is 6.03. The van der Waals surface area contributed by atoms with E-state index in [2.05, 4.69) is 39.3 Å². The highest BCUT2D eigenvalue weighted by Crippen LogP contribution is 2.14. The van der Waals surface area contributed by atoms with Gasteiger partial charge in [-0.2, -0.15) is 0 Å². The Morgan fingerprint density at radius 1 is 1.07 bits per heavy atom. The van der Waals surface area contributed by atoms with Crippen LogP contribution in [0.25, 0.3) is 0 Å². The van der Waals surface area contributed by atoms with Crippen molar-refractivity contribution in [2.45, 2.75) is 32.7 Å². The zero-order chi connectivity index (χ0) is 21.3. The molecule has 30 heavy (non-hydrogen) atoms. The number of benzene rings is 1. The molecule has 0 atom stereocenters. The van der Waals surface area contributed by atoms with Gasteiger partial charge in [0.05, 0.1) is 12.1 Å². The summed E-state index contributed by atoms with van der Waals surface area (Å²) in [6.07, 6.45) is 3.30. The van der Waals surface area contributed by atoms with Crippen molar-refractivity contribution in [3.05, 3.63) is 54.2 Å². The SMILES string of the molecule is CCN(CC)c1ccc(C(=O)NC2CCN(CC(=O)Nc3ccccc3)CC2)cn1. The summed E-state index contributed by atoms with van der Waals surface area (Å²) in [5.41, 5.74) is 1.39. The first-order chi connectivity index (χ1) is 14.6. The number of anilines is 2. The molecule has 1 aliphatic heterocycles. The van der Waals surface area contributed by atoms with Gasteiger partial charge in [0, 0.05) is 44.1 Å². The molecule has 0 spiro atoms. The lowest BCUT2D eigenvalue weighted by atomic mass is 10.0. The summed E-state index contributed by atoms with van der Waals surface area (Å²) in [5.74, 6) is 0.788. The summed E-state index contributed by atoms with van der Waals surface area (Å²) in [4.78, 5) is 33.5. The van der Waals surface area contributed by atoms with Crippen LogP contribution in [-0.4, -0.2) is 60.5 Å². The Labute approximate surface area is 178 Å². The van der Waals surface area contributed by atoms with Crippen LogP contribution in [-0.2, 0) is 4.79 Å². The van der Waals surface area contributed by atoms with Crippen LogP contribution in [0.4, 0.5) is 11.5 Å². The highest BCUT2D eigenvalue weighted by molar-refractivity contribution is 5.94. The number of nitrogens with zero attached hydrogens (tertiary/aromatic N) is 3. The summed E-state index contributed by atoms with van der Waals surface area (Å²) in [5, 5.41) is 6.02. The number of likely N-dealkylation sites (tertiary alicyclic amines) is 1. The first-order valence-electron chi connectivity index (χ1n) is 10.7. The molecule has 0 aliphatic carbocycles. The average molecular weight is 410 g/mol. The molecule has 2 aromatic rings. The van der Waals surface area contributed by atoms with Gasteiger partial charge in [-0.3, -0.25) is 14.5 Å². The maximum absolute atomic E-state index is 12.6. The highest BCUT2D eigenvalue weighted by atomic mass is 16.2. The molecule has 7 nitrogen and oxygen atoms in total. The van der Waals surface area contributed by atoms with E-state index in [0.717, 1.165) is 50.5 Å². The number of carbonyl (C=O) groups is 2. The Morgan fingerprint density at radius 2 is 1.77 bits per heavy atom. The van der Waals surface area contributed by atoms with Crippen LogP contribution in [0.15, 0.2) is 48.7 Å². The topological polar surface area (TPSA) is 77.6 Å². The van der Waals surface area contributed by atoms with Crippen LogP contribution in [0.5, 0.6) is 0 Å². The second-order valence-electron chi connectivity index (χ2n) is 7.52. The predicted octanol–water partition coefficient (Wildman–Crippen LogP) is 2.76. The average Bonchev–Trinajstić information content (AvgIpc) is 2.77. The van der Waals surface area contributed by atoms with E-state index in [1.165, 1.54) is 0 Å². The number of hydrogen-bond donors (Lipinski definition) is 2. The van der Waals surface area contributed by atoms with E-state index in [4.69, 9.17) is 0 Å². The lowest BCUT2D eigenvalue weighted by Gasteiger charge is -2.31. The maximum Gasteiger partial charge on any atom is 0.253 e. The molecule has 2 heterocycles. The zero-order valence-corrected chi connectivity index (χ0v) is 17.8. The Bertz CT molecular complexity index is 813. The zero-order valence-electron chi connectivity index (χ0n) is 17.8. The first-order valence-corrected chi connectivity index (χ1v) is 10.7. The number of para-hydroxylation sites is 1. The fourth-order valence-corrected chi connectivity index (χ4v) is 3.68. The largest absolute Gasteiger partial charge is 0.357 e. The lowest BCUT2D eigenvalue weighted by Crippen LogP contribution is -2.46. The van der Waals surface area contributed by atoms with Gasteiger partial charge >= 0.3 is 0 Å². The number of carbonyl (C=O) groups excluding carboxylic acids is 2. The van der Waals surface area contributed by atoms with Crippen molar-refractivity contribution < 1.29 is 9.59 Å². The monoisotopic (exact) mass is 409 g/mol. The van der Waals surface area contributed by atoms with E-state index >= 15 is 0 Å². The van der Waals surface area contributed by atoms with Crippen LogP contribution < -0.4 is 15.5 Å². The smallest absolute Gasteiger partial charge is 0.253 e. The Kier molecular flexibility index (Phi) is 7.79. The van der Waals surface area contributed by atoms with Gasteiger partial charge in [-0.1, -0.05) is 18.2 Å². The van der Waals surface area contributed by atoms with Crippen molar-refractivity contribution >= 4 is 23.3 Å². The van der Waals surface area contributed by atoms with Crippen molar-refractivity contribution in [1.29, 1.82) is 0 Å². The van der Waals surface area contributed by atoms with Gasteiger partial charge in [0.1, 0.15) is 5.82 Å². The van der Waals surface area contributed by atoms with Crippen LogP contribution in [0.1, 0.15) is 37.0 Å². The molecule has 2 amide bonds. The molecule has 160 valence electrons. The summed E-state index contributed by atoms with van der Waals surface area (Å²) in [6, 6.07) is 13.3. The molecule has 7 heteroatoms. The third-order valence-corrected chi connectivity index (χ3v) is 5.45. The minimum atomic E-state index is -0.0890. The van der Waals surface area contributed by atoms with Gasteiger partial charge in [-0.25, -0.2) is 4.98 Å². The number of hydrogen-bond acceptors (Lipinski definition) is 5. The fraction of sp³-hybridized carbons (Fsp3) is 0.435. The molecule has 0 bridgehead atoms. The molecular formula is C23H31N5O2.